The minimum absolute atomic E-state index is 0.00247. The van der Waals surface area contributed by atoms with E-state index in [1.807, 2.05) is 60.8 Å². The van der Waals surface area contributed by atoms with Crippen molar-refractivity contribution in [2.75, 3.05) is 38.7 Å². The van der Waals surface area contributed by atoms with E-state index in [0.717, 1.165) is 82.5 Å². The van der Waals surface area contributed by atoms with Crippen molar-refractivity contribution in [3.8, 4) is 34.8 Å². The number of β-amino-alcohol motifs (C(OH)–C–C–N with tert-alkyl or cyclic N) is 1. The SMILES string of the molecule is CCCC1C(O)Cc2cc(c[nH]2)C(C)CNCC(O)Cc2ccc3ccc(cc3c2O)NC2=CC(=CCN2)CC2CC3C#CC(c4ccccc4C4CCC(Cc5cccc(O)c5)C(CO)C4)c4cc(O)c(OC)cc4CCC(=O)C(O)C(=O)C3CC1C2. The Kier molecular flexibility index (Phi) is 19.8. The second-order valence-corrected chi connectivity index (χ2v) is 26.1. The number of phenolic OH excluding ortho intramolecular Hbond substituents is 3. The van der Waals surface area contributed by atoms with Gasteiger partial charge in [0.25, 0.3) is 0 Å². The Bertz CT molecular complexity index is 3600. The number of phenols is 3. The molecule has 464 valence electrons. The maximum atomic E-state index is 15.4. The minimum atomic E-state index is -1.89. The topological polar surface area (TPSA) is 237 Å². The summed E-state index contributed by atoms with van der Waals surface area (Å²) >= 11 is 0. The molecule has 2 fully saturated rings. The molecule has 0 spiro atoms. The van der Waals surface area contributed by atoms with Gasteiger partial charge in [-0.1, -0.05) is 92.8 Å². The average molecular weight is 1190 g/mol. The van der Waals surface area contributed by atoms with E-state index >= 15 is 4.79 Å². The number of rotatable bonds is 8. The highest BCUT2D eigenvalue weighted by atomic mass is 16.5. The lowest BCUT2D eigenvalue weighted by molar-refractivity contribution is -0.142. The summed E-state index contributed by atoms with van der Waals surface area (Å²) in [4.78, 5) is 33.3. The van der Waals surface area contributed by atoms with E-state index in [2.05, 4.69) is 77.0 Å². The van der Waals surface area contributed by atoms with E-state index in [0.29, 0.717) is 80.2 Å². The zero-order valence-electron chi connectivity index (χ0n) is 51.1. The molecule has 0 amide bonds. The number of aliphatic hydroxyl groups is 4. The van der Waals surface area contributed by atoms with Crippen molar-refractivity contribution in [2.24, 2.45) is 41.4 Å². The third-order valence-corrected chi connectivity index (χ3v) is 20.2. The molecule has 0 radical (unpaired) electrons. The molecule has 2 aliphatic heterocycles. The highest BCUT2D eigenvalue weighted by molar-refractivity contribution is 6.06. The number of Topliss-reactive ketones (excluding diaryl/α,β-unsaturated/α-hetero) is 2. The number of carbonyl (C=O) groups excluding carboxylic acids is 2. The van der Waals surface area contributed by atoms with Crippen LogP contribution in [0.15, 0.2) is 127 Å². The quantitative estimate of drug-likeness (QED) is 0.0503. The van der Waals surface area contributed by atoms with Gasteiger partial charge in [-0.15, -0.1) is 0 Å². The predicted octanol–water partition coefficient (Wildman–Crippen LogP) is 10.8. The molecule has 2 saturated carbocycles. The number of aromatic amines is 1. The molecule has 11 N–H and O–H groups in total. The Balaban J connectivity index is 1.00. The highest BCUT2D eigenvalue weighted by Crippen LogP contribution is 2.48. The minimum Gasteiger partial charge on any atom is -0.508 e. The fourth-order valence-electron chi connectivity index (χ4n) is 15.5. The number of carbonyl (C=O) groups is 2. The Hall–Kier alpha value is -7.38. The van der Waals surface area contributed by atoms with Gasteiger partial charge in [0.2, 0.25) is 0 Å². The van der Waals surface area contributed by atoms with Crippen molar-refractivity contribution in [3.05, 3.63) is 171 Å². The van der Waals surface area contributed by atoms with Crippen LogP contribution in [0.2, 0.25) is 0 Å². The number of benzene rings is 5. The summed E-state index contributed by atoms with van der Waals surface area (Å²) < 4.78 is 5.67. The molecule has 14 nitrogen and oxygen atoms in total. The second kappa shape index (κ2) is 28.0. The number of hydrogen-bond acceptors (Lipinski definition) is 13. The van der Waals surface area contributed by atoms with Gasteiger partial charge in [0.15, 0.2) is 29.2 Å². The summed E-state index contributed by atoms with van der Waals surface area (Å²) in [5.74, 6) is 5.48. The molecule has 3 aliphatic carbocycles. The third kappa shape index (κ3) is 14.2. The second-order valence-electron chi connectivity index (χ2n) is 26.1. The zero-order chi connectivity index (χ0) is 61.6. The van der Waals surface area contributed by atoms with Crippen LogP contribution in [0.1, 0.15) is 140 Å². The molecule has 9 bridgehead atoms. The van der Waals surface area contributed by atoms with E-state index in [1.54, 1.807) is 24.3 Å². The molecule has 14 heteroatoms. The smallest absolute Gasteiger partial charge is 0.173 e. The first-order valence-corrected chi connectivity index (χ1v) is 32.2. The number of aryl methyl sites for hydroxylation is 1. The van der Waals surface area contributed by atoms with Crippen LogP contribution in [0.4, 0.5) is 5.69 Å². The molecule has 13 atom stereocenters. The van der Waals surface area contributed by atoms with Crippen molar-refractivity contribution < 1.29 is 50.1 Å². The van der Waals surface area contributed by atoms with E-state index in [4.69, 9.17) is 4.74 Å². The fraction of sp³-hybridized carbons (Fsp3) is 0.459. The lowest BCUT2D eigenvalue weighted by Crippen LogP contribution is -2.40. The molecule has 88 heavy (non-hydrogen) atoms. The number of allylic oxidation sites excluding steroid dienone is 2. The molecule has 5 aromatic carbocycles. The summed E-state index contributed by atoms with van der Waals surface area (Å²) in [7, 11) is 1.48. The van der Waals surface area contributed by atoms with Crippen LogP contribution in [-0.2, 0) is 35.3 Å². The Morgan fingerprint density at radius 2 is 1.60 bits per heavy atom. The standard InChI is InChI=1S/C74H88N4O10/c1-4-8-61-53-28-46(25-45-23-24-76-71(30-45)78-56-20-17-47-13-16-52(72(85)66(47)36-56)33-59(81)41-75-39-43(2)54-32-57(77-40-54)37-68(61)83)27-49-18-21-63(64-38-69(84)70(88-3)35-51(64)19-22-67(82)74(87)73(86)65(49)34-53)62-12-6-5-11-60(62)50-15-14-48(55(31-50)42-79)26-44-9-7-10-58(80)29-44/h5-7,9-13,16-17,20,23,29-30,32,35-36,38,40,43,46,48-50,53,55,59,61,63,65,68,74-81,83-85,87H,4,8,14-15,19,22,24-28,31,33-34,37,39,41-42H2,1-3H3. The number of dihydropyridines is 1. The molecule has 13 unspecified atom stereocenters. The first-order valence-electron chi connectivity index (χ1n) is 32.2. The van der Waals surface area contributed by atoms with Crippen LogP contribution in [0.3, 0.4) is 0 Å². The number of aromatic nitrogens is 1. The van der Waals surface area contributed by atoms with Gasteiger partial charge in [-0.05, 0) is 204 Å². The lowest BCUT2D eigenvalue weighted by atomic mass is 9.68. The number of anilines is 1. The fourth-order valence-corrected chi connectivity index (χ4v) is 15.5. The van der Waals surface area contributed by atoms with Crippen molar-refractivity contribution >= 4 is 28.0 Å². The number of H-pyrrole nitrogens is 1. The number of aliphatic hydroxyl groups excluding tert-OH is 4. The maximum absolute atomic E-state index is 15.4. The zero-order valence-corrected chi connectivity index (χ0v) is 51.1. The van der Waals surface area contributed by atoms with Gasteiger partial charge in [0.05, 0.1) is 25.2 Å². The highest BCUT2D eigenvalue weighted by Gasteiger charge is 2.44. The van der Waals surface area contributed by atoms with Gasteiger partial charge in [-0.2, -0.15) is 0 Å². The summed E-state index contributed by atoms with van der Waals surface area (Å²) in [6, 6.07) is 31.0. The van der Waals surface area contributed by atoms with Crippen molar-refractivity contribution in [2.45, 2.75) is 140 Å². The van der Waals surface area contributed by atoms with E-state index < -0.39 is 47.6 Å². The van der Waals surface area contributed by atoms with Gasteiger partial charge >= 0.3 is 0 Å². The number of nitrogens with one attached hydrogen (secondary N) is 4. The number of hydrogen-bond donors (Lipinski definition) is 11. The van der Waals surface area contributed by atoms with Gasteiger partial charge in [-0.25, -0.2) is 0 Å². The summed E-state index contributed by atoms with van der Waals surface area (Å²) in [5, 5.41) is 92.6. The van der Waals surface area contributed by atoms with Crippen LogP contribution < -0.4 is 20.7 Å². The Morgan fingerprint density at radius 1 is 0.773 bits per heavy atom. The lowest BCUT2D eigenvalue weighted by Gasteiger charge is -2.37. The summed E-state index contributed by atoms with van der Waals surface area (Å²) in [5.41, 5.74) is 8.95. The van der Waals surface area contributed by atoms with E-state index in [9.17, 15) is 40.5 Å². The van der Waals surface area contributed by atoms with E-state index in [1.165, 1.54) is 7.11 Å². The number of aromatic hydroxyl groups is 3. The summed E-state index contributed by atoms with van der Waals surface area (Å²) in [6.07, 6.45) is 10.2. The van der Waals surface area contributed by atoms with Crippen LogP contribution in [0, 0.1) is 53.3 Å². The van der Waals surface area contributed by atoms with E-state index in [-0.39, 0.29) is 90.3 Å². The number of methoxy groups -OCH3 is 1. The summed E-state index contributed by atoms with van der Waals surface area (Å²) in [6.45, 7) is 5.73. The maximum Gasteiger partial charge on any atom is 0.173 e. The Labute approximate surface area is 517 Å². The largest absolute Gasteiger partial charge is 0.508 e. The van der Waals surface area contributed by atoms with Crippen LogP contribution in [0.5, 0.6) is 23.0 Å². The number of fused-ring (bicyclic) bond motifs is 9. The predicted molar refractivity (Wildman–Crippen MR) is 343 cm³/mol. The number of ketones is 2. The molecule has 3 heterocycles. The van der Waals surface area contributed by atoms with Crippen LogP contribution in [-0.4, -0.2) is 104 Å². The molecule has 0 saturated heterocycles. The third-order valence-electron chi connectivity index (χ3n) is 20.2. The molecular weight excluding hydrogens is 1100 g/mol. The van der Waals surface area contributed by atoms with Crippen molar-refractivity contribution in [1.29, 1.82) is 0 Å². The molecular formula is C74H88N4O10. The van der Waals surface area contributed by atoms with Crippen molar-refractivity contribution in [1.82, 2.24) is 15.6 Å². The Morgan fingerprint density at radius 3 is 2.41 bits per heavy atom. The van der Waals surface area contributed by atoms with Gasteiger partial charge in [-0.3, -0.25) is 9.59 Å². The van der Waals surface area contributed by atoms with Gasteiger partial charge in [0, 0.05) is 80.3 Å². The molecule has 11 rings (SSSR count). The van der Waals surface area contributed by atoms with Crippen molar-refractivity contribution in [3.63, 3.8) is 0 Å². The number of ether oxygens (including phenoxy) is 1. The molecule has 1 aromatic heterocycles. The van der Waals surface area contributed by atoms with Crippen LogP contribution >= 0.6 is 0 Å². The molecule has 5 aliphatic rings. The first kappa shape index (κ1) is 62.2. The monoisotopic (exact) mass is 1190 g/mol. The molecule has 6 aromatic rings. The first-order chi connectivity index (χ1) is 42.6. The van der Waals surface area contributed by atoms with Gasteiger partial charge in [0.1, 0.15) is 17.3 Å². The average Bonchev–Trinajstić information content (AvgIpc) is 1.16. The normalized spacial score (nSPS) is 28.3. The van der Waals surface area contributed by atoms with Gasteiger partial charge < -0.3 is 61.4 Å². The van der Waals surface area contributed by atoms with Crippen LogP contribution in [0.25, 0.3) is 10.8 Å².